The summed E-state index contributed by atoms with van der Waals surface area (Å²) in [6.07, 6.45) is 2.16. The van der Waals surface area contributed by atoms with E-state index in [4.69, 9.17) is 9.84 Å². The summed E-state index contributed by atoms with van der Waals surface area (Å²) in [5.74, 6) is -1.20. The molecule has 0 radical (unpaired) electrons. The molecule has 1 unspecified atom stereocenters. The van der Waals surface area contributed by atoms with Gasteiger partial charge in [0.25, 0.3) is 0 Å². The molecule has 19 heavy (non-hydrogen) atoms. The van der Waals surface area contributed by atoms with Gasteiger partial charge in [-0.1, -0.05) is 15.9 Å². The number of rotatable bonds is 4. The maximum Gasteiger partial charge on any atom is 0.335 e. The molecule has 1 amide bonds. The van der Waals surface area contributed by atoms with Crippen molar-refractivity contribution in [2.45, 2.75) is 25.4 Å². The highest BCUT2D eigenvalue weighted by atomic mass is 79.9. The van der Waals surface area contributed by atoms with Crippen LogP contribution in [0.15, 0.2) is 22.7 Å². The molecular formula is C13H14BrNO4. The van der Waals surface area contributed by atoms with Gasteiger partial charge in [-0.15, -0.1) is 0 Å². The smallest absolute Gasteiger partial charge is 0.335 e. The van der Waals surface area contributed by atoms with Crippen LogP contribution in [0.25, 0.3) is 0 Å². The molecule has 1 aromatic rings. The Hall–Kier alpha value is -1.40. The summed E-state index contributed by atoms with van der Waals surface area (Å²) in [7, 11) is 0. The average Bonchev–Trinajstić information content (AvgIpc) is 2.80. The summed E-state index contributed by atoms with van der Waals surface area (Å²) in [6, 6.07) is 4.58. The normalized spacial score (nSPS) is 18.3. The Balaban J connectivity index is 2.01. The van der Waals surface area contributed by atoms with E-state index in [2.05, 4.69) is 21.2 Å². The number of ether oxygens (including phenoxy) is 1. The van der Waals surface area contributed by atoms with Gasteiger partial charge in [0.1, 0.15) is 0 Å². The number of carbonyl (C=O) groups excluding carboxylic acids is 1. The number of nitrogens with one attached hydrogen (secondary N) is 1. The summed E-state index contributed by atoms with van der Waals surface area (Å²) in [4.78, 5) is 22.7. The maximum atomic E-state index is 11.8. The Kier molecular flexibility index (Phi) is 4.55. The van der Waals surface area contributed by atoms with Crippen LogP contribution < -0.4 is 5.32 Å². The monoisotopic (exact) mass is 327 g/mol. The molecule has 0 aromatic heterocycles. The zero-order valence-electron chi connectivity index (χ0n) is 10.2. The van der Waals surface area contributed by atoms with Crippen molar-refractivity contribution in [2.24, 2.45) is 0 Å². The van der Waals surface area contributed by atoms with Gasteiger partial charge in [-0.3, -0.25) is 4.79 Å². The molecule has 1 heterocycles. The van der Waals surface area contributed by atoms with Crippen molar-refractivity contribution >= 4 is 33.5 Å². The minimum atomic E-state index is -1.03. The second-order valence-corrected chi connectivity index (χ2v) is 5.34. The molecule has 1 aliphatic rings. The zero-order valence-corrected chi connectivity index (χ0v) is 11.8. The molecule has 0 saturated carbocycles. The average molecular weight is 328 g/mol. The van der Waals surface area contributed by atoms with Gasteiger partial charge in [0, 0.05) is 16.8 Å². The van der Waals surface area contributed by atoms with Gasteiger partial charge in [-0.05, 0) is 31.0 Å². The minimum absolute atomic E-state index is 0.0221. The lowest BCUT2D eigenvalue weighted by atomic mass is 10.1. The van der Waals surface area contributed by atoms with Gasteiger partial charge in [0.2, 0.25) is 5.91 Å². The van der Waals surface area contributed by atoms with E-state index < -0.39 is 5.97 Å². The number of hydrogen-bond donors (Lipinski definition) is 2. The Morgan fingerprint density at radius 3 is 2.84 bits per heavy atom. The molecule has 1 aliphatic heterocycles. The van der Waals surface area contributed by atoms with E-state index in [0.29, 0.717) is 23.2 Å². The summed E-state index contributed by atoms with van der Waals surface area (Å²) < 4.78 is 5.99. The lowest BCUT2D eigenvalue weighted by molar-refractivity contribution is -0.118. The fourth-order valence-electron chi connectivity index (χ4n) is 2.01. The molecule has 0 spiro atoms. The van der Waals surface area contributed by atoms with Crippen molar-refractivity contribution in [3.05, 3.63) is 28.2 Å². The van der Waals surface area contributed by atoms with Crippen LogP contribution in [-0.2, 0) is 9.53 Å². The Morgan fingerprint density at radius 1 is 1.42 bits per heavy atom. The van der Waals surface area contributed by atoms with Gasteiger partial charge >= 0.3 is 5.97 Å². The van der Waals surface area contributed by atoms with Crippen molar-refractivity contribution < 1.29 is 19.4 Å². The summed E-state index contributed by atoms with van der Waals surface area (Å²) in [5, 5.41) is 11.6. The number of aromatic carboxylic acids is 1. The van der Waals surface area contributed by atoms with E-state index in [1.807, 2.05) is 0 Å². The molecule has 1 saturated heterocycles. The van der Waals surface area contributed by atoms with E-state index in [0.717, 1.165) is 12.8 Å². The molecule has 0 aliphatic carbocycles. The standard InChI is InChI=1S/C13H14BrNO4/c14-9-4-8(13(17)18)5-10(6-9)15-12(16)7-11-2-1-3-19-11/h4-6,11H,1-3,7H2,(H,15,16)(H,17,18). The van der Waals surface area contributed by atoms with Crippen LogP contribution in [0.5, 0.6) is 0 Å². The predicted octanol–water partition coefficient (Wildman–Crippen LogP) is 2.65. The molecule has 6 heteroatoms. The van der Waals surface area contributed by atoms with Crippen LogP contribution in [0.2, 0.25) is 0 Å². The van der Waals surface area contributed by atoms with E-state index in [1.165, 1.54) is 12.1 Å². The molecule has 1 aromatic carbocycles. The van der Waals surface area contributed by atoms with Crippen LogP contribution in [0.3, 0.4) is 0 Å². The number of benzene rings is 1. The lowest BCUT2D eigenvalue weighted by Gasteiger charge is -2.10. The first kappa shape index (κ1) is 14.0. The maximum absolute atomic E-state index is 11.8. The SMILES string of the molecule is O=C(CC1CCCO1)Nc1cc(Br)cc(C(=O)O)c1. The third kappa shape index (κ3) is 4.04. The third-order valence-corrected chi connectivity index (χ3v) is 3.32. The molecule has 5 nitrogen and oxygen atoms in total. The second-order valence-electron chi connectivity index (χ2n) is 4.42. The largest absolute Gasteiger partial charge is 0.478 e. The number of hydrogen-bond acceptors (Lipinski definition) is 3. The highest BCUT2D eigenvalue weighted by Gasteiger charge is 2.19. The van der Waals surface area contributed by atoms with Crippen molar-refractivity contribution in [2.75, 3.05) is 11.9 Å². The Labute approximate surface area is 119 Å². The highest BCUT2D eigenvalue weighted by Crippen LogP contribution is 2.21. The van der Waals surface area contributed by atoms with Gasteiger partial charge < -0.3 is 15.2 Å². The number of carboxylic acids is 1. The number of carboxylic acid groups (broad SMARTS) is 1. The predicted molar refractivity (Wildman–Crippen MR) is 73.3 cm³/mol. The molecule has 2 N–H and O–H groups in total. The third-order valence-electron chi connectivity index (χ3n) is 2.87. The van der Waals surface area contributed by atoms with Crippen LogP contribution in [0, 0.1) is 0 Å². The van der Waals surface area contributed by atoms with Crippen molar-refractivity contribution in [1.82, 2.24) is 0 Å². The summed E-state index contributed by atoms with van der Waals surface area (Å²) >= 11 is 3.22. The summed E-state index contributed by atoms with van der Waals surface area (Å²) in [5.41, 5.74) is 0.594. The topological polar surface area (TPSA) is 75.6 Å². The molecule has 0 bridgehead atoms. The number of halogens is 1. The second kappa shape index (κ2) is 6.16. The Morgan fingerprint density at radius 2 is 2.21 bits per heavy atom. The fraction of sp³-hybridized carbons (Fsp3) is 0.385. The first-order valence-corrected chi connectivity index (χ1v) is 6.79. The first-order chi connectivity index (χ1) is 9.04. The van der Waals surface area contributed by atoms with E-state index >= 15 is 0 Å². The number of carbonyl (C=O) groups is 2. The highest BCUT2D eigenvalue weighted by molar-refractivity contribution is 9.10. The molecule has 2 rings (SSSR count). The first-order valence-electron chi connectivity index (χ1n) is 6.00. The lowest BCUT2D eigenvalue weighted by Crippen LogP contribution is -2.19. The minimum Gasteiger partial charge on any atom is -0.478 e. The van der Waals surface area contributed by atoms with E-state index in [1.54, 1.807) is 6.07 Å². The van der Waals surface area contributed by atoms with Gasteiger partial charge in [-0.25, -0.2) is 4.79 Å². The Bertz CT molecular complexity index is 497. The van der Waals surface area contributed by atoms with E-state index in [9.17, 15) is 9.59 Å². The van der Waals surface area contributed by atoms with Gasteiger partial charge in [-0.2, -0.15) is 0 Å². The molecular weight excluding hydrogens is 314 g/mol. The van der Waals surface area contributed by atoms with Gasteiger partial charge in [0.05, 0.1) is 18.1 Å². The van der Waals surface area contributed by atoms with E-state index in [-0.39, 0.29) is 17.6 Å². The zero-order chi connectivity index (χ0) is 13.8. The van der Waals surface area contributed by atoms with Crippen molar-refractivity contribution in [3.8, 4) is 0 Å². The quantitative estimate of drug-likeness (QED) is 0.891. The molecule has 102 valence electrons. The fourth-order valence-corrected chi connectivity index (χ4v) is 2.50. The number of anilines is 1. The van der Waals surface area contributed by atoms with Crippen LogP contribution >= 0.6 is 15.9 Å². The molecule has 1 atom stereocenters. The summed E-state index contributed by atoms with van der Waals surface area (Å²) in [6.45, 7) is 0.706. The van der Waals surface area contributed by atoms with Gasteiger partial charge in [0.15, 0.2) is 0 Å². The van der Waals surface area contributed by atoms with Crippen LogP contribution in [-0.4, -0.2) is 29.7 Å². The van der Waals surface area contributed by atoms with Crippen LogP contribution in [0.4, 0.5) is 5.69 Å². The molecule has 1 fully saturated rings. The van der Waals surface area contributed by atoms with Crippen molar-refractivity contribution in [1.29, 1.82) is 0 Å². The van der Waals surface area contributed by atoms with Crippen molar-refractivity contribution in [3.63, 3.8) is 0 Å². The number of amides is 1. The van der Waals surface area contributed by atoms with Crippen LogP contribution in [0.1, 0.15) is 29.6 Å².